The van der Waals surface area contributed by atoms with Gasteiger partial charge in [0.15, 0.2) is 0 Å². The Balaban J connectivity index is 3.67. The van der Waals surface area contributed by atoms with Gasteiger partial charge in [0.1, 0.15) is 0 Å². The highest BCUT2D eigenvalue weighted by atomic mass is 32.2. The minimum absolute atomic E-state index is 0.0848. The summed E-state index contributed by atoms with van der Waals surface area (Å²) in [5.41, 5.74) is 0. The number of hydrogen-bond acceptors (Lipinski definition) is 3. The third kappa shape index (κ3) is 7.02. The molecule has 0 aromatic heterocycles. The van der Waals surface area contributed by atoms with Gasteiger partial charge in [-0.15, -0.1) is 23.5 Å². The molecule has 1 N–H and O–H groups in total. The van der Waals surface area contributed by atoms with Gasteiger partial charge in [0, 0.05) is 6.54 Å². The molecular formula is C9H17NOS2. The Labute approximate surface area is 88.9 Å². The van der Waals surface area contributed by atoms with Crippen LogP contribution >= 0.6 is 23.5 Å². The van der Waals surface area contributed by atoms with Crippen LogP contribution in [0.25, 0.3) is 0 Å². The summed E-state index contributed by atoms with van der Waals surface area (Å²) >= 11 is 3.73. The third-order valence-corrected chi connectivity index (χ3v) is 3.89. The van der Waals surface area contributed by atoms with Crippen LogP contribution in [-0.4, -0.2) is 28.5 Å². The molecule has 2 nitrogen and oxygen atoms in total. The molecule has 0 aliphatic heterocycles. The van der Waals surface area contributed by atoms with Crippen molar-refractivity contribution in [2.45, 2.75) is 18.4 Å². The number of hydrogen-bond donors (Lipinski definition) is 1. The van der Waals surface area contributed by atoms with E-state index < -0.39 is 0 Å². The molecule has 0 aliphatic rings. The van der Waals surface area contributed by atoms with Crippen LogP contribution in [0.5, 0.6) is 0 Å². The maximum atomic E-state index is 10.9. The standard InChI is InChI=1S/C9H17NOS2/c1-4-8(11)10-7-9(12-5-2)13-6-3/h4,9H,1,5-7H2,2-3H3,(H,10,11). The van der Waals surface area contributed by atoms with Gasteiger partial charge in [0.2, 0.25) is 5.91 Å². The molecular weight excluding hydrogens is 202 g/mol. The minimum Gasteiger partial charge on any atom is -0.351 e. The van der Waals surface area contributed by atoms with Gasteiger partial charge in [-0.25, -0.2) is 0 Å². The number of nitrogens with one attached hydrogen (secondary N) is 1. The highest BCUT2D eigenvalue weighted by molar-refractivity contribution is 8.17. The number of rotatable bonds is 7. The van der Waals surface area contributed by atoms with E-state index in [0.29, 0.717) is 4.58 Å². The average molecular weight is 219 g/mol. The molecule has 4 heteroatoms. The zero-order valence-electron chi connectivity index (χ0n) is 8.21. The van der Waals surface area contributed by atoms with E-state index in [1.807, 2.05) is 23.5 Å². The van der Waals surface area contributed by atoms with Crippen molar-refractivity contribution in [2.24, 2.45) is 0 Å². The lowest BCUT2D eigenvalue weighted by Crippen LogP contribution is -2.27. The Morgan fingerprint density at radius 2 is 2.00 bits per heavy atom. The molecule has 0 fully saturated rings. The molecule has 0 aromatic carbocycles. The normalized spacial score (nSPS) is 10.1. The number of thioether (sulfide) groups is 2. The largest absolute Gasteiger partial charge is 0.351 e. The van der Waals surface area contributed by atoms with E-state index in [2.05, 4.69) is 25.7 Å². The fraction of sp³-hybridized carbons (Fsp3) is 0.667. The molecule has 1 amide bonds. The molecule has 0 radical (unpaired) electrons. The first-order valence-corrected chi connectivity index (χ1v) is 6.47. The summed E-state index contributed by atoms with van der Waals surface area (Å²) in [4.78, 5) is 10.9. The summed E-state index contributed by atoms with van der Waals surface area (Å²) < 4.78 is 0.471. The lowest BCUT2D eigenvalue weighted by atomic mass is 10.5. The van der Waals surface area contributed by atoms with Crippen molar-refractivity contribution >= 4 is 29.4 Å². The molecule has 0 aromatic rings. The highest BCUT2D eigenvalue weighted by Crippen LogP contribution is 2.22. The Hall–Kier alpha value is -0.0900. The lowest BCUT2D eigenvalue weighted by Gasteiger charge is -2.14. The quantitative estimate of drug-likeness (QED) is 0.525. The SMILES string of the molecule is C=CC(=O)NCC(SCC)SCC. The first-order chi connectivity index (χ1) is 6.24. The summed E-state index contributed by atoms with van der Waals surface area (Å²) in [6, 6.07) is 0. The average Bonchev–Trinajstić information content (AvgIpc) is 2.14. The zero-order chi connectivity index (χ0) is 10.1. The summed E-state index contributed by atoms with van der Waals surface area (Å²) in [5.74, 6) is 2.09. The van der Waals surface area contributed by atoms with E-state index in [1.54, 1.807) is 0 Å². The van der Waals surface area contributed by atoms with Crippen LogP contribution in [0.2, 0.25) is 0 Å². The number of carbonyl (C=O) groups excluding carboxylic acids is 1. The molecule has 76 valence electrons. The van der Waals surface area contributed by atoms with Gasteiger partial charge >= 0.3 is 0 Å². The van der Waals surface area contributed by atoms with Crippen LogP contribution in [0.4, 0.5) is 0 Å². The van der Waals surface area contributed by atoms with Gasteiger partial charge in [0.05, 0.1) is 4.58 Å². The van der Waals surface area contributed by atoms with Crippen molar-refractivity contribution in [1.82, 2.24) is 5.32 Å². The summed E-state index contributed by atoms with van der Waals surface area (Å²) in [7, 11) is 0. The second kappa shape index (κ2) is 8.51. The van der Waals surface area contributed by atoms with Crippen molar-refractivity contribution in [3.8, 4) is 0 Å². The van der Waals surface area contributed by atoms with E-state index in [4.69, 9.17) is 0 Å². The predicted molar refractivity (Wildman–Crippen MR) is 63.3 cm³/mol. The first-order valence-electron chi connectivity index (χ1n) is 4.38. The molecule has 0 rings (SSSR count). The maximum Gasteiger partial charge on any atom is 0.243 e. The van der Waals surface area contributed by atoms with Crippen molar-refractivity contribution in [3.05, 3.63) is 12.7 Å². The Kier molecular flexibility index (Phi) is 8.45. The minimum atomic E-state index is -0.0848. The molecule has 0 heterocycles. The second-order valence-corrected chi connectivity index (χ2v) is 5.55. The molecule has 0 saturated carbocycles. The topological polar surface area (TPSA) is 29.1 Å². The van der Waals surface area contributed by atoms with Gasteiger partial charge < -0.3 is 5.32 Å². The Morgan fingerprint density at radius 3 is 2.38 bits per heavy atom. The van der Waals surface area contributed by atoms with Gasteiger partial charge in [-0.1, -0.05) is 20.4 Å². The number of carbonyl (C=O) groups is 1. The Bertz CT molecular complexity index is 156. The smallest absolute Gasteiger partial charge is 0.243 e. The van der Waals surface area contributed by atoms with Crippen molar-refractivity contribution in [2.75, 3.05) is 18.1 Å². The van der Waals surface area contributed by atoms with Crippen LogP contribution in [0.15, 0.2) is 12.7 Å². The van der Waals surface area contributed by atoms with Crippen LogP contribution < -0.4 is 5.32 Å². The molecule has 0 aliphatic carbocycles. The van der Waals surface area contributed by atoms with E-state index in [0.717, 1.165) is 18.1 Å². The zero-order valence-corrected chi connectivity index (χ0v) is 9.84. The second-order valence-electron chi connectivity index (χ2n) is 2.29. The highest BCUT2D eigenvalue weighted by Gasteiger charge is 2.07. The van der Waals surface area contributed by atoms with E-state index >= 15 is 0 Å². The predicted octanol–water partition coefficient (Wildman–Crippen LogP) is 2.12. The fourth-order valence-corrected chi connectivity index (χ4v) is 3.14. The fourth-order valence-electron chi connectivity index (χ4n) is 0.794. The van der Waals surface area contributed by atoms with Gasteiger partial charge in [-0.3, -0.25) is 4.79 Å². The molecule has 0 unspecified atom stereocenters. The van der Waals surface area contributed by atoms with Crippen LogP contribution in [0, 0.1) is 0 Å². The monoisotopic (exact) mass is 219 g/mol. The van der Waals surface area contributed by atoms with Crippen molar-refractivity contribution < 1.29 is 4.79 Å². The molecule has 0 spiro atoms. The Morgan fingerprint density at radius 1 is 1.46 bits per heavy atom. The molecule has 0 saturated heterocycles. The third-order valence-electron chi connectivity index (χ3n) is 1.33. The van der Waals surface area contributed by atoms with Crippen LogP contribution in [0.1, 0.15) is 13.8 Å². The molecule has 13 heavy (non-hydrogen) atoms. The van der Waals surface area contributed by atoms with Crippen LogP contribution in [-0.2, 0) is 4.79 Å². The van der Waals surface area contributed by atoms with E-state index in [1.165, 1.54) is 6.08 Å². The van der Waals surface area contributed by atoms with Crippen molar-refractivity contribution in [3.63, 3.8) is 0 Å². The van der Waals surface area contributed by atoms with E-state index in [-0.39, 0.29) is 5.91 Å². The lowest BCUT2D eigenvalue weighted by molar-refractivity contribution is -0.116. The van der Waals surface area contributed by atoms with Gasteiger partial charge in [0.25, 0.3) is 0 Å². The van der Waals surface area contributed by atoms with E-state index in [9.17, 15) is 4.79 Å². The number of amides is 1. The maximum absolute atomic E-state index is 10.9. The molecule has 0 bridgehead atoms. The van der Waals surface area contributed by atoms with Gasteiger partial charge in [-0.05, 0) is 17.6 Å². The molecule has 0 atom stereocenters. The van der Waals surface area contributed by atoms with Crippen molar-refractivity contribution in [1.29, 1.82) is 0 Å². The summed E-state index contributed by atoms with van der Waals surface area (Å²) in [5, 5.41) is 2.80. The summed E-state index contributed by atoms with van der Waals surface area (Å²) in [6.07, 6.45) is 1.31. The summed E-state index contributed by atoms with van der Waals surface area (Å²) in [6.45, 7) is 8.39. The van der Waals surface area contributed by atoms with Crippen LogP contribution in [0.3, 0.4) is 0 Å². The first kappa shape index (κ1) is 12.9. The van der Waals surface area contributed by atoms with Gasteiger partial charge in [-0.2, -0.15) is 0 Å².